The molecule has 1 aromatic rings. The van der Waals surface area contributed by atoms with Crippen LogP contribution >= 0.6 is 15.9 Å². The number of hydrogen-bond acceptors (Lipinski definition) is 2. The van der Waals surface area contributed by atoms with Crippen molar-refractivity contribution in [1.29, 1.82) is 5.26 Å². The molecule has 1 rings (SSSR count). The molecule has 0 bridgehead atoms. The van der Waals surface area contributed by atoms with Gasteiger partial charge in [-0.25, -0.2) is 9.37 Å². The molecule has 12 heavy (non-hydrogen) atoms. The Kier molecular flexibility index (Phi) is 2.77. The maximum absolute atomic E-state index is 12.8. The molecule has 0 aliphatic carbocycles. The second kappa shape index (κ2) is 3.63. The summed E-state index contributed by atoms with van der Waals surface area (Å²) in [6.45, 7) is 1.38. The van der Waals surface area contributed by atoms with Gasteiger partial charge >= 0.3 is 0 Å². The van der Waals surface area contributed by atoms with E-state index in [9.17, 15) is 4.39 Å². The van der Waals surface area contributed by atoms with Crippen LogP contribution in [0.3, 0.4) is 0 Å². The number of pyridine rings is 1. The van der Waals surface area contributed by atoms with Crippen LogP contribution in [0, 0.1) is 11.3 Å². The van der Waals surface area contributed by atoms with Gasteiger partial charge in [-0.3, -0.25) is 0 Å². The minimum absolute atomic E-state index is 0.234. The van der Waals surface area contributed by atoms with Crippen LogP contribution in [-0.2, 0) is 0 Å². The first-order valence-corrected chi connectivity index (χ1v) is 4.15. The van der Waals surface area contributed by atoms with Gasteiger partial charge in [-0.05, 0) is 35.0 Å². The van der Waals surface area contributed by atoms with Crippen LogP contribution in [0.1, 0.15) is 24.5 Å². The summed E-state index contributed by atoms with van der Waals surface area (Å²) >= 11 is 3.15. The molecule has 4 heteroatoms. The van der Waals surface area contributed by atoms with Crippen molar-refractivity contribution in [3.05, 3.63) is 28.0 Å². The highest BCUT2D eigenvalue weighted by atomic mass is 79.9. The number of aromatic nitrogens is 1. The Labute approximate surface area is 78.2 Å². The highest BCUT2D eigenvalue weighted by Crippen LogP contribution is 2.23. The van der Waals surface area contributed by atoms with Gasteiger partial charge in [0, 0.05) is 4.47 Å². The molecule has 0 aliphatic heterocycles. The minimum atomic E-state index is -1.16. The Morgan fingerprint density at radius 3 is 2.83 bits per heavy atom. The predicted molar refractivity (Wildman–Crippen MR) is 46.2 cm³/mol. The highest BCUT2D eigenvalue weighted by Gasteiger charge is 2.09. The standard InChI is InChI=1S/C8H6BrFN2/c1-5(10)8-7(9)3-2-6(4-11)12-8/h2-3,5H,1H3. The highest BCUT2D eigenvalue weighted by molar-refractivity contribution is 9.10. The first-order valence-electron chi connectivity index (χ1n) is 3.35. The lowest BCUT2D eigenvalue weighted by molar-refractivity contribution is 0.364. The molecular formula is C8H6BrFN2. The van der Waals surface area contributed by atoms with Crippen molar-refractivity contribution in [3.8, 4) is 6.07 Å². The van der Waals surface area contributed by atoms with Gasteiger partial charge in [0.2, 0.25) is 0 Å². The van der Waals surface area contributed by atoms with E-state index in [1.54, 1.807) is 6.07 Å². The Balaban J connectivity index is 3.19. The van der Waals surface area contributed by atoms with E-state index >= 15 is 0 Å². The van der Waals surface area contributed by atoms with E-state index in [0.717, 1.165) is 0 Å². The van der Waals surface area contributed by atoms with Crippen molar-refractivity contribution in [1.82, 2.24) is 4.98 Å². The Morgan fingerprint density at radius 1 is 1.67 bits per heavy atom. The van der Waals surface area contributed by atoms with Crippen LogP contribution in [0.4, 0.5) is 4.39 Å². The van der Waals surface area contributed by atoms with Gasteiger partial charge in [-0.2, -0.15) is 5.26 Å². The van der Waals surface area contributed by atoms with Crippen LogP contribution < -0.4 is 0 Å². The molecule has 1 aromatic heterocycles. The smallest absolute Gasteiger partial charge is 0.140 e. The van der Waals surface area contributed by atoms with Crippen LogP contribution in [0.5, 0.6) is 0 Å². The lowest BCUT2D eigenvalue weighted by Crippen LogP contribution is -1.94. The van der Waals surface area contributed by atoms with Gasteiger partial charge in [0.25, 0.3) is 0 Å². The quantitative estimate of drug-likeness (QED) is 0.742. The van der Waals surface area contributed by atoms with Crippen molar-refractivity contribution >= 4 is 15.9 Å². The number of nitriles is 1. The Bertz CT molecular complexity index is 330. The Hall–Kier alpha value is -0.950. The molecule has 1 heterocycles. The van der Waals surface area contributed by atoms with Gasteiger partial charge in [0.15, 0.2) is 0 Å². The van der Waals surface area contributed by atoms with Crippen molar-refractivity contribution in [2.45, 2.75) is 13.1 Å². The van der Waals surface area contributed by atoms with Crippen LogP contribution in [0.15, 0.2) is 16.6 Å². The van der Waals surface area contributed by atoms with Crippen molar-refractivity contribution < 1.29 is 4.39 Å². The Morgan fingerprint density at radius 2 is 2.33 bits per heavy atom. The molecule has 0 aliphatic rings. The van der Waals surface area contributed by atoms with Gasteiger partial charge < -0.3 is 0 Å². The average Bonchev–Trinajstić information content (AvgIpc) is 2.05. The van der Waals surface area contributed by atoms with Crippen molar-refractivity contribution in [2.75, 3.05) is 0 Å². The zero-order valence-electron chi connectivity index (χ0n) is 6.38. The second-order valence-electron chi connectivity index (χ2n) is 2.29. The fraction of sp³-hybridized carbons (Fsp3) is 0.250. The van der Waals surface area contributed by atoms with E-state index in [0.29, 0.717) is 4.47 Å². The zero-order chi connectivity index (χ0) is 9.14. The third-order valence-corrected chi connectivity index (χ3v) is 2.04. The summed E-state index contributed by atoms with van der Waals surface area (Å²) in [6, 6.07) is 5.01. The van der Waals surface area contributed by atoms with Gasteiger partial charge in [-0.1, -0.05) is 0 Å². The molecule has 0 radical (unpaired) electrons. The van der Waals surface area contributed by atoms with Crippen LogP contribution in [0.2, 0.25) is 0 Å². The topological polar surface area (TPSA) is 36.7 Å². The fourth-order valence-corrected chi connectivity index (χ4v) is 1.34. The zero-order valence-corrected chi connectivity index (χ0v) is 7.97. The number of alkyl halides is 1. The molecule has 2 nitrogen and oxygen atoms in total. The first kappa shape index (κ1) is 9.14. The third-order valence-electron chi connectivity index (χ3n) is 1.36. The normalized spacial score (nSPS) is 12.2. The van der Waals surface area contributed by atoms with Crippen LogP contribution in [0.25, 0.3) is 0 Å². The number of halogens is 2. The monoisotopic (exact) mass is 228 g/mol. The van der Waals surface area contributed by atoms with E-state index in [-0.39, 0.29) is 11.4 Å². The average molecular weight is 229 g/mol. The fourth-order valence-electron chi connectivity index (χ4n) is 0.799. The molecule has 1 atom stereocenters. The molecule has 0 saturated carbocycles. The lowest BCUT2D eigenvalue weighted by atomic mass is 10.2. The van der Waals surface area contributed by atoms with E-state index < -0.39 is 6.17 Å². The summed E-state index contributed by atoms with van der Waals surface area (Å²) in [4.78, 5) is 3.81. The van der Waals surface area contributed by atoms with Gasteiger partial charge in [0.05, 0.1) is 5.69 Å². The molecule has 1 unspecified atom stereocenters. The van der Waals surface area contributed by atoms with E-state index in [2.05, 4.69) is 20.9 Å². The second-order valence-corrected chi connectivity index (χ2v) is 3.15. The van der Waals surface area contributed by atoms with Crippen LogP contribution in [-0.4, -0.2) is 4.98 Å². The maximum Gasteiger partial charge on any atom is 0.140 e. The van der Waals surface area contributed by atoms with Crippen molar-refractivity contribution in [3.63, 3.8) is 0 Å². The SMILES string of the molecule is CC(F)c1nc(C#N)ccc1Br. The first-order chi connectivity index (χ1) is 5.65. The molecule has 0 aromatic carbocycles. The molecule has 0 N–H and O–H groups in total. The number of nitrogens with zero attached hydrogens (tertiary/aromatic N) is 2. The molecule has 62 valence electrons. The summed E-state index contributed by atoms with van der Waals surface area (Å²) in [5, 5.41) is 8.48. The summed E-state index contributed by atoms with van der Waals surface area (Å²) < 4.78 is 13.4. The molecular weight excluding hydrogens is 223 g/mol. The lowest BCUT2D eigenvalue weighted by Gasteiger charge is -2.03. The number of rotatable bonds is 1. The molecule has 0 fully saturated rings. The maximum atomic E-state index is 12.8. The van der Waals surface area contributed by atoms with Gasteiger partial charge in [0.1, 0.15) is 17.9 Å². The van der Waals surface area contributed by atoms with E-state index in [1.807, 2.05) is 6.07 Å². The molecule has 0 saturated heterocycles. The summed E-state index contributed by atoms with van der Waals surface area (Å²) in [5.74, 6) is 0. The number of hydrogen-bond donors (Lipinski definition) is 0. The summed E-state index contributed by atoms with van der Waals surface area (Å²) in [6.07, 6.45) is -1.16. The van der Waals surface area contributed by atoms with E-state index in [4.69, 9.17) is 5.26 Å². The predicted octanol–water partition coefficient (Wildman–Crippen LogP) is 2.75. The van der Waals surface area contributed by atoms with Gasteiger partial charge in [-0.15, -0.1) is 0 Å². The largest absolute Gasteiger partial charge is 0.241 e. The minimum Gasteiger partial charge on any atom is -0.241 e. The van der Waals surface area contributed by atoms with E-state index in [1.165, 1.54) is 13.0 Å². The molecule has 0 spiro atoms. The summed E-state index contributed by atoms with van der Waals surface area (Å²) in [5.41, 5.74) is 0.506. The molecule has 0 amide bonds. The third kappa shape index (κ3) is 1.80. The summed E-state index contributed by atoms with van der Waals surface area (Å²) in [7, 11) is 0. The van der Waals surface area contributed by atoms with Crippen molar-refractivity contribution in [2.24, 2.45) is 0 Å².